The molecule has 0 amide bonds. The number of rotatable bonds is 8. The van der Waals surface area contributed by atoms with Gasteiger partial charge < -0.3 is 9.47 Å². The highest BCUT2D eigenvalue weighted by Gasteiger charge is 2.46. The minimum absolute atomic E-state index is 0.524. The smallest absolute Gasteiger partial charge is 0.124 e. The quantitative estimate of drug-likeness (QED) is 0.152. The number of hydrogen-bond donors (Lipinski definition) is 0. The molecular weight excluding hydrogens is 877 g/mol. The van der Waals surface area contributed by atoms with Crippen molar-refractivity contribution in [2.24, 2.45) is 0 Å². The molecule has 0 atom stereocenters. The van der Waals surface area contributed by atoms with Crippen molar-refractivity contribution in [3.05, 3.63) is 265 Å². The highest BCUT2D eigenvalue weighted by atomic mass is 32.1. The first-order chi connectivity index (χ1) is 34.2. The molecule has 0 N–H and O–H groups in total. The van der Waals surface area contributed by atoms with Crippen molar-refractivity contribution in [2.45, 2.75) is 5.41 Å². The fourth-order valence-electron chi connectivity index (χ4n) is 10.9. The lowest BCUT2D eigenvalue weighted by molar-refractivity contribution is 0.770. The molecule has 4 nitrogen and oxygen atoms in total. The molecule has 3 aromatic heterocycles. The van der Waals surface area contributed by atoms with Crippen molar-refractivity contribution >= 4 is 82.0 Å². The van der Waals surface area contributed by atoms with Crippen LogP contribution in [-0.4, -0.2) is 14.5 Å². The molecular formula is C63H40N4S2. The second-order valence-corrected chi connectivity index (χ2v) is 19.8. The number of aromatic nitrogens is 3. The molecule has 0 spiro atoms. The van der Waals surface area contributed by atoms with Crippen LogP contribution in [0, 0.1) is 0 Å². The zero-order valence-corrected chi connectivity index (χ0v) is 38.8. The van der Waals surface area contributed by atoms with Crippen LogP contribution in [0.15, 0.2) is 243 Å². The van der Waals surface area contributed by atoms with Crippen LogP contribution in [0.2, 0.25) is 0 Å². The molecule has 324 valence electrons. The van der Waals surface area contributed by atoms with Gasteiger partial charge in [-0.05, 0) is 149 Å². The van der Waals surface area contributed by atoms with E-state index < -0.39 is 5.41 Å². The summed E-state index contributed by atoms with van der Waals surface area (Å²) in [6.07, 6.45) is 0. The summed E-state index contributed by atoms with van der Waals surface area (Å²) >= 11 is 3.46. The molecule has 69 heavy (non-hydrogen) atoms. The predicted molar refractivity (Wildman–Crippen MR) is 290 cm³/mol. The molecule has 0 radical (unpaired) electrons. The molecule has 0 unspecified atom stereocenters. The molecule has 10 aromatic carbocycles. The lowest BCUT2D eigenvalue weighted by Crippen LogP contribution is -2.28. The molecule has 1 aliphatic carbocycles. The van der Waals surface area contributed by atoms with E-state index in [0.717, 1.165) is 66.0 Å². The molecule has 14 rings (SSSR count). The third-order valence-corrected chi connectivity index (χ3v) is 16.1. The molecule has 0 saturated carbocycles. The maximum atomic E-state index is 5.00. The lowest BCUT2D eigenvalue weighted by Gasteiger charge is -2.34. The minimum atomic E-state index is -0.524. The molecule has 0 fully saturated rings. The van der Waals surface area contributed by atoms with Gasteiger partial charge in [0.25, 0.3) is 0 Å². The first-order valence-electron chi connectivity index (χ1n) is 23.3. The van der Waals surface area contributed by atoms with Crippen molar-refractivity contribution < 1.29 is 0 Å². The number of nitrogens with zero attached hydrogens (tertiary/aromatic N) is 4. The van der Waals surface area contributed by atoms with Crippen molar-refractivity contribution in [2.75, 3.05) is 4.90 Å². The topological polar surface area (TPSA) is 34.0 Å². The monoisotopic (exact) mass is 916 g/mol. The molecule has 0 saturated heterocycles. The van der Waals surface area contributed by atoms with Gasteiger partial charge in [0.05, 0.1) is 36.9 Å². The molecule has 13 aromatic rings. The summed E-state index contributed by atoms with van der Waals surface area (Å²) in [5.41, 5.74) is 18.0. The highest BCUT2D eigenvalue weighted by Crippen LogP contribution is 2.56. The summed E-state index contributed by atoms with van der Waals surface area (Å²) in [5, 5.41) is 4.41. The Bertz CT molecular complexity index is 3850. The van der Waals surface area contributed by atoms with Crippen LogP contribution >= 0.6 is 22.7 Å². The van der Waals surface area contributed by atoms with Gasteiger partial charge in [0.2, 0.25) is 0 Å². The van der Waals surface area contributed by atoms with E-state index in [0.29, 0.717) is 0 Å². The van der Waals surface area contributed by atoms with Crippen molar-refractivity contribution in [3.8, 4) is 38.0 Å². The Hall–Kier alpha value is -8.42. The van der Waals surface area contributed by atoms with Gasteiger partial charge in [0.1, 0.15) is 10.0 Å². The van der Waals surface area contributed by atoms with E-state index in [9.17, 15) is 0 Å². The van der Waals surface area contributed by atoms with E-state index in [1.807, 2.05) is 0 Å². The molecule has 1 aliphatic rings. The second kappa shape index (κ2) is 15.8. The SMILES string of the molecule is c1ccc(-n2c3ccc(N(c4ccc(-c5nc6ccccc6s5)cc4)c4ccc(-c5nc6ccccc6s5)cc4)cc3c3cc(C4(c5ccccc5)c5ccccc5-c5ccccc54)ccc32)cc1. The molecule has 3 heterocycles. The summed E-state index contributed by atoms with van der Waals surface area (Å²) in [4.78, 5) is 12.4. The summed E-state index contributed by atoms with van der Waals surface area (Å²) in [5.74, 6) is 0. The third-order valence-electron chi connectivity index (χ3n) is 13.9. The first kappa shape index (κ1) is 39.7. The van der Waals surface area contributed by atoms with Gasteiger partial charge in [0.15, 0.2) is 0 Å². The second-order valence-electron chi connectivity index (χ2n) is 17.7. The Labute approximate surface area is 407 Å². The summed E-state index contributed by atoms with van der Waals surface area (Å²) < 4.78 is 4.80. The Morgan fingerprint density at radius 2 is 0.841 bits per heavy atom. The Morgan fingerprint density at radius 3 is 1.41 bits per heavy atom. The maximum absolute atomic E-state index is 5.00. The largest absolute Gasteiger partial charge is 0.310 e. The Morgan fingerprint density at radius 1 is 0.377 bits per heavy atom. The normalized spacial score (nSPS) is 12.8. The third kappa shape index (κ3) is 6.26. The number of hydrogen-bond acceptors (Lipinski definition) is 5. The zero-order chi connectivity index (χ0) is 45.5. The zero-order valence-electron chi connectivity index (χ0n) is 37.2. The van der Waals surface area contributed by atoms with Gasteiger partial charge in [-0.1, -0.05) is 127 Å². The number of benzene rings is 10. The van der Waals surface area contributed by atoms with Gasteiger partial charge in [0, 0.05) is 44.6 Å². The predicted octanol–water partition coefficient (Wildman–Crippen LogP) is 17.2. The van der Waals surface area contributed by atoms with E-state index >= 15 is 0 Å². The number of fused-ring (bicyclic) bond motifs is 8. The minimum Gasteiger partial charge on any atom is -0.310 e. The van der Waals surface area contributed by atoms with E-state index in [1.54, 1.807) is 22.7 Å². The van der Waals surface area contributed by atoms with Crippen LogP contribution in [0.3, 0.4) is 0 Å². The van der Waals surface area contributed by atoms with E-state index in [2.05, 4.69) is 252 Å². The average Bonchev–Trinajstić information content (AvgIpc) is 4.20. The first-order valence-corrected chi connectivity index (χ1v) is 24.9. The fourth-order valence-corrected chi connectivity index (χ4v) is 12.8. The average molecular weight is 917 g/mol. The lowest BCUT2D eigenvalue weighted by atomic mass is 9.67. The van der Waals surface area contributed by atoms with Crippen molar-refractivity contribution in [3.63, 3.8) is 0 Å². The Kier molecular flexibility index (Phi) is 9.12. The Balaban J connectivity index is 0.981. The van der Waals surface area contributed by atoms with Crippen LogP contribution in [-0.2, 0) is 5.41 Å². The summed E-state index contributed by atoms with van der Waals surface area (Å²) in [6.45, 7) is 0. The standard InChI is InChI=1S/C63H40N4S2/c1-3-15-43(16-4-1)63(53-21-9-7-19-49(53)50-20-8-10-22-54(50)63)44-31-37-57-51(39-44)52-40-48(36-38-58(52)67(57)45-17-5-2-6-18-45)66(46-32-27-41(28-33-46)61-64-55-23-11-13-25-59(55)68-61)47-34-29-42(30-35-47)62-65-56-24-12-14-26-60(56)69-62/h1-40H. The summed E-state index contributed by atoms with van der Waals surface area (Å²) in [7, 11) is 0. The van der Waals surface area contributed by atoms with E-state index in [4.69, 9.17) is 9.97 Å². The van der Waals surface area contributed by atoms with Gasteiger partial charge in [-0.25, -0.2) is 9.97 Å². The molecule has 0 bridgehead atoms. The highest BCUT2D eigenvalue weighted by molar-refractivity contribution is 7.22. The van der Waals surface area contributed by atoms with Crippen LogP contribution in [0.4, 0.5) is 17.1 Å². The van der Waals surface area contributed by atoms with Crippen LogP contribution in [0.25, 0.3) is 80.2 Å². The fraction of sp³-hybridized carbons (Fsp3) is 0.0159. The maximum Gasteiger partial charge on any atom is 0.124 e. The van der Waals surface area contributed by atoms with E-state index in [1.165, 1.54) is 53.6 Å². The number of para-hydroxylation sites is 3. The van der Waals surface area contributed by atoms with E-state index in [-0.39, 0.29) is 0 Å². The van der Waals surface area contributed by atoms with Gasteiger partial charge in [-0.2, -0.15) is 0 Å². The van der Waals surface area contributed by atoms with Gasteiger partial charge in [-0.15, -0.1) is 22.7 Å². The van der Waals surface area contributed by atoms with Crippen LogP contribution < -0.4 is 4.90 Å². The van der Waals surface area contributed by atoms with Crippen molar-refractivity contribution in [1.82, 2.24) is 14.5 Å². The van der Waals surface area contributed by atoms with Crippen LogP contribution in [0.1, 0.15) is 22.3 Å². The summed E-state index contributed by atoms with van der Waals surface area (Å²) in [6, 6.07) is 88.5. The number of anilines is 3. The molecule has 6 heteroatoms. The number of thiazole rings is 2. The van der Waals surface area contributed by atoms with Crippen molar-refractivity contribution in [1.29, 1.82) is 0 Å². The van der Waals surface area contributed by atoms with Gasteiger partial charge in [-0.3, -0.25) is 0 Å². The molecule has 0 aliphatic heterocycles. The van der Waals surface area contributed by atoms with Gasteiger partial charge >= 0.3 is 0 Å². The van der Waals surface area contributed by atoms with Crippen LogP contribution in [0.5, 0.6) is 0 Å².